The van der Waals surface area contributed by atoms with Crippen molar-refractivity contribution >= 4 is 17.5 Å². The third-order valence-corrected chi connectivity index (χ3v) is 4.50. The third kappa shape index (κ3) is 5.67. The lowest BCUT2D eigenvalue weighted by Crippen LogP contribution is -2.39. The molecule has 1 amide bonds. The Hall–Kier alpha value is -2.20. The van der Waals surface area contributed by atoms with E-state index in [4.69, 9.17) is 21.1 Å². The van der Waals surface area contributed by atoms with Gasteiger partial charge in [-0.05, 0) is 68.1 Å². The van der Waals surface area contributed by atoms with Crippen LogP contribution in [0.4, 0.5) is 0 Å². The molecule has 0 heterocycles. The number of hydrogen-bond acceptors (Lipinski definition) is 3. The summed E-state index contributed by atoms with van der Waals surface area (Å²) >= 11 is 6.02. The average molecular weight is 376 g/mol. The first kappa shape index (κ1) is 20.1. The van der Waals surface area contributed by atoms with E-state index in [1.54, 1.807) is 12.1 Å². The molecule has 0 aromatic heterocycles. The molecule has 0 aliphatic rings. The van der Waals surface area contributed by atoms with Crippen LogP contribution in [-0.2, 0) is 4.79 Å². The van der Waals surface area contributed by atoms with Gasteiger partial charge in [-0.25, -0.2) is 0 Å². The molecule has 0 bridgehead atoms. The molecular weight excluding hydrogens is 350 g/mol. The van der Waals surface area contributed by atoms with Gasteiger partial charge in [0.15, 0.2) is 6.10 Å². The number of ether oxygens (including phenoxy) is 2. The zero-order chi connectivity index (χ0) is 19.1. The van der Waals surface area contributed by atoms with Crippen LogP contribution in [0.15, 0.2) is 36.4 Å². The summed E-state index contributed by atoms with van der Waals surface area (Å²) in [5, 5.41) is 3.55. The first-order valence-corrected chi connectivity index (χ1v) is 9.19. The van der Waals surface area contributed by atoms with E-state index in [1.807, 2.05) is 52.0 Å². The zero-order valence-corrected chi connectivity index (χ0v) is 16.5. The van der Waals surface area contributed by atoms with Crippen molar-refractivity contribution in [3.63, 3.8) is 0 Å². The van der Waals surface area contributed by atoms with Crippen LogP contribution in [0.2, 0.25) is 5.02 Å². The summed E-state index contributed by atoms with van der Waals surface area (Å²) in [6.45, 7) is 8.68. The predicted molar refractivity (Wildman–Crippen MR) is 105 cm³/mol. The minimum atomic E-state index is -0.545. The normalized spacial score (nSPS) is 11.7. The standard InChI is InChI=1S/C21H26ClNO3/c1-5-19(26-17-8-9-18(22)16(4)13-17)21(24)23-10-11-25-20-12-14(2)6-7-15(20)3/h6-9,12-13,19H,5,10-11H2,1-4H3,(H,23,24). The van der Waals surface area contributed by atoms with E-state index in [-0.39, 0.29) is 5.91 Å². The molecular formula is C21H26ClNO3. The number of halogens is 1. The first-order chi connectivity index (χ1) is 12.4. The van der Waals surface area contributed by atoms with Crippen LogP contribution in [0.25, 0.3) is 0 Å². The van der Waals surface area contributed by atoms with Crippen molar-refractivity contribution in [1.82, 2.24) is 5.32 Å². The van der Waals surface area contributed by atoms with Crippen molar-refractivity contribution in [3.05, 3.63) is 58.1 Å². The fraction of sp³-hybridized carbons (Fsp3) is 0.381. The van der Waals surface area contributed by atoms with Crippen molar-refractivity contribution in [2.75, 3.05) is 13.2 Å². The van der Waals surface area contributed by atoms with Gasteiger partial charge < -0.3 is 14.8 Å². The molecule has 4 nitrogen and oxygen atoms in total. The molecule has 0 aliphatic carbocycles. The van der Waals surface area contributed by atoms with Gasteiger partial charge >= 0.3 is 0 Å². The number of benzene rings is 2. The fourth-order valence-electron chi connectivity index (χ4n) is 2.49. The summed E-state index contributed by atoms with van der Waals surface area (Å²) in [6.07, 6.45) is 0.0296. The van der Waals surface area contributed by atoms with Crippen LogP contribution >= 0.6 is 11.6 Å². The molecule has 1 N–H and O–H groups in total. The van der Waals surface area contributed by atoms with Gasteiger partial charge in [0.1, 0.15) is 18.1 Å². The molecule has 2 aromatic rings. The molecule has 0 saturated heterocycles. The molecule has 1 atom stereocenters. The summed E-state index contributed by atoms with van der Waals surface area (Å²) in [7, 11) is 0. The minimum Gasteiger partial charge on any atom is -0.491 e. The van der Waals surface area contributed by atoms with Crippen molar-refractivity contribution < 1.29 is 14.3 Å². The third-order valence-electron chi connectivity index (χ3n) is 4.07. The van der Waals surface area contributed by atoms with Gasteiger partial charge in [0, 0.05) is 5.02 Å². The van der Waals surface area contributed by atoms with E-state index in [0.29, 0.717) is 30.3 Å². The SMILES string of the molecule is CCC(Oc1ccc(Cl)c(C)c1)C(=O)NCCOc1cc(C)ccc1C. The van der Waals surface area contributed by atoms with Crippen LogP contribution in [0.1, 0.15) is 30.0 Å². The number of amides is 1. The number of carbonyl (C=O) groups excluding carboxylic acids is 1. The maximum Gasteiger partial charge on any atom is 0.261 e. The van der Waals surface area contributed by atoms with E-state index in [1.165, 1.54) is 0 Å². The highest BCUT2D eigenvalue weighted by Gasteiger charge is 2.18. The van der Waals surface area contributed by atoms with E-state index < -0.39 is 6.10 Å². The second kappa shape index (κ2) is 9.48. The number of aryl methyl sites for hydroxylation is 3. The highest BCUT2D eigenvalue weighted by molar-refractivity contribution is 6.31. The zero-order valence-electron chi connectivity index (χ0n) is 15.8. The van der Waals surface area contributed by atoms with Gasteiger partial charge in [-0.15, -0.1) is 0 Å². The van der Waals surface area contributed by atoms with Crippen molar-refractivity contribution in [1.29, 1.82) is 0 Å². The number of nitrogens with one attached hydrogen (secondary N) is 1. The monoisotopic (exact) mass is 375 g/mol. The van der Waals surface area contributed by atoms with E-state index in [0.717, 1.165) is 22.4 Å². The largest absolute Gasteiger partial charge is 0.491 e. The lowest BCUT2D eigenvalue weighted by Gasteiger charge is -2.18. The first-order valence-electron chi connectivity index (χ1n) is 8.81. The molecule has 1 unspecified atom stereocenters. The highest BCUT2D eigenvalue weighted by Crippen LogP contribution is 2.22. The van der Waals surface area contributed by atoms with Crippen LogP contribution in [0.3, 0.4) is 0 Å². The Morgan fingerprint density at radius 3 is 2.58 bits per heavy atom. The van der Waals surface area contributed by atoms with Crippen molar-refractivity contribution in [2.24, 2.45) is 0 Å². The van der Waals surface area contributed by atoms with Gasteiger partial charge in [0.2, 0.25) is 0 Å². The topological polar surface area (TPSA) is 47.6 Å². The van der Waals surface area contributed by atoms with E-state index in [2.05, 4.69) is 5.32 Å². The number of hydrogen-bond donors (Lipinski definition) is 1. The Labute approximate surface area is 160 Å². The highest BCUT2D eigenvalue weighted by atomic mass is 35.5. The molecule has 0 spiro atoms. The predicted octanol–water partition coefficient (Wildman–Crippen LogP) is 4.62. The van der Waals surface area contributed by atoms with Gasteiger partial charge in [-0.1, -0.05) is 30.7 Å². The maximum atomic E-state index is 12.3. The summed E-state index contributed by atoms with van der Waals surface area (Å²) in [5.41, 5.74) is 3.14. The average Bonchev–Trinajstić information content (AvgIpc) is 2.62. The Morgan fingerprint density at radius 2 is 1.88 bits per heavy atom. The van der Waals surface area contributed by atoms with Crippen molar-refractivity contribution in [2.45, 2.75) is 40.2 Å². The van der Waals surface area contributed by atoms with Crippen LogP contribution in [0.5, 0.6) is 11.5 Å². The van der Waals surface area contributed by atoms with Crippen LogP contribution < -0.4 is 14.8 Å². The Kier molecular flexibility index (Phi) is 7.34. The second-order valence-electron chi connectivity index (χ2n) is 6.33. The Balaban J connectivity index is 1.83. The van der Waals surface area contributed by atoms with Gasteiger partial charge in [0.05, 0.1) is 6.54 Å². The molecule has 2 aromatic carbocycles. The fourth-order valence-corrected chi connectivity index (χ4v) is 2.61. The lowest BCUT2D eigenvalue weighted by molar-refractivity contribution is -0.128. The molecule has 26 heavy (non-hydrogen) atoms. The van der Waals surface area contributed by atoms with Crippen molar-refractivity contribution in [3.8, 4) is 11.5 Å². The summed E-state index contributed by atoms with van der Waals surface area (Å²) in [6, 6.07) is 11.5. The number of carbonyl (C=O) groups is 1. The van der Waals surface area contributed by atoms with Gasteiger partial charge in [-0.2, -0.15) is 0 Å². The summed E-state index contributed by atoms with van der Waals surface area (Å²) in [5.74, 6) is 1.34. The summed E-state index contributed by atoms with van der Waals surface area (Å²) in [4.78, 5) is 12.3. The maximum absolute atomic E-state index is 12.3. The second-order valence-corrected chi connectivity index (χ2v) is 6.74. The number of rotatable bonds is 8. The lowest BCUT2D eigenvalue weighted by atomic mass is 10.1. The van der Waals surface area contributed by atoms with E-state index >= 15 is 0 Å². The van der Waals surface area contributed by atoms with Crippen LogP contribution in [0, 0.1) is 20.8 Å². The molecule has 0 radical (unpaired) electrons. The molecule has 5 heteroatoms. The molecule has 140 valence electrons. The molecule has 0 fully saturated rings. The minimum absolute atomic E-state index is 0.148. The Bertz CT molecular complexity index is 761. The van der Waals surface area contributed by atoms with Gasteiger partial charge in [0.25, 0.3) is 5.91 Å². The molecule has 2 rings (SSSR count). The van der Waals surface area contributed by atoms with Gasteiger partial charge in [-0.3, -0.25) is 4.79 Å². The Morgan fingerprint density at radius 1 is 1.12 bits per heavy atom. The molecule has 0 saturated carbocycles. The van der Waals surface area contributed by atoms with Crippen LogP contribution in [-0.4, -0.2) is 25.2 Å². The van der Waals surface area contributed by atoms with E-state index in [9.17, 15) is 4.79 Å². The smallest absolute Gasteiger partial charge is 0.261 e. The molecule has 0 aliphatic heterocycles. The summed E-state index contributed by atoms with van der Waals surface area (Å²) < 4.78 is 11.6. The quantitative estimate of drug-likeness (QED) is 0.685.